The van der Waals surface area contributed by atoms with Crippen LogP contribution in [-0.2, 0) is 4.74 Å². The summed E-state index contributed by atoms with van der Waals surface area (Å²) in [6, 6.07) is 3.28. The fourth-order valence-corrected chi connectivity index (χ4v) is 2.36. The number of nitro groups is 1. The molecule has 0 bridgehead atoms. The summed E-state index contributed by atoms with van der Waals surface area (Å²) < 4.78 is 34.0. The van der Waals surface area contributed by atoms with Gasteiger partial charge in [-0.2, -0.15) is 8.78 Å². The molecule has 120 valence electrons. The molecule has 0 spiro atoms. The lowest BCUT2D eigenvalue weighted by Gasteiger charge is -2.21. The van der Waals surface area contributed by atoms with Gasteiger partial charge >= 0.3 is 12.3 Å². The summed E-state index contributed by atoms with van der Waals surface area (Å²) in [4.78, 5) is 22.1. The van der Waals surface area contributed by atoms with Crippen LogP contribution in [0.1, 0.15) is 29.6 Å². The minimum atomic E-state index is -3.19. The highest BCUT2D eigenvalue weighted by Crippen LogP contribution is 2.30. The van der Waals surface area contributed by atoms with Crippen molar-refractivity contribution in [1.29, 1.82) is 0 Å². The van der Waals surface area contributed by atoms with E-state index in [4.69, 9.17) is 4.74 Å². The van der Waals surface area contributed by atoms with Crippen molar-refractivity contribution in [3.63, 3.8) is 0 Å². The average molecular weight is 315 g/mol. The molecule has 0 saturated carbocycles. The molecule has 1 aromatic carbocycles. The second kappa shape index (κ2) is 7.26. The number of Topliss-reactive ketones (excluding diaryl/α,β-unsaturated/α-hetero) is 1. The van der Waals surface area contributed by atoms with Gasteiger partial charge in [-0.05, 0) is 30.9 Å². The van der Waals surface area contributed by atoms with Gasteiger partial charge in [0.15, 0.2) is 5.78 Å². The molecule has 1 aliphatic heterocycles. The highest BCUT2D eigenvalue weighted by molar-refractivity contribution is 5.97. The van der Waals surface area contributed by atoms with Crippen molar-refractivity contribution in [3.8, 4) is 5.75 Å². The van der Waals surface area contributed by atoms with E-state index in [1.54, 1.807) is 0 Å². The lowest BCUT2D eigenvalue weighted by atomic mass is 9.92. The Morgan fingerprint density at radius 2 is 2.09 bits per heavy atom. The molecule has 0 radical (unpaired) electrons. The molecule has 0 amide bonds. The van der Waals surface area contributed by atoms with Gasteiger partial charge in [0.25, 0.3) is 0 Å². The van der Waals surface area contributed by atoms with Crippen LogP contribution in [0.3, 0.4) is 0 Å². The van der Waals surface area contributed by atoms with Crippen LogP contribution >= 0.6 is 0 Å². The van der Waals surface area contributed by atoms with Crippen molar-refractivity contribution >= 4 is 11.5 Å². The first-order valence-corrected chi connectivity index (χ1v) is 6.81. The molecule has 22 heavy (non-hydrogen) atoms. The number of benzene rings is 1. The lowest BCUT2D eigenvalue weighted by molar-refractivity contribution is -0.386. The first-order chi connectivity index (χ1) is 10.5. The molecular formula is C14H15F2NO5. The summed E-state index contributed by atoms with van der Waals surface area (Å²) in [7, 11) is 0. The van der Waals surface area contributed by atoms with Crippen LogP contribution in [0.4, 0.5) is 14.5 Å². The maximum Gasteiger partial charge on any atom is 0.387 e. The van der Waals surface area contributed by atoms with Crippen LogP contribution in [0.5, 0.6) is 5.75 Å². The zero-order chi connectivity index (χ0) is 16.1. The number of ketones is 1. The number of carbonyl (C=O) groups excluding carboxylic acids is 1. The number of nitrogens with zero attached hydrogens (tertiary/aromatic N) is 1. The number of carbonyl (C=O) groups is 1. The van der Waals surface area contributed by atoms with E-state index in [0.29, 0.717) is 13.2 Å². The van der Waals surface area contributed by atoms with Crippen molar-refractivity contribution in [2.24, 2.45) is 5.92 Å². The zero-order valence-corrected chi connectivity index (χ0v) is 11.7. The van der Waals surface area contributed by atoms with E-state index in [1.807, 2.05) is 0 Å². The Morgan fingerprint density at radius 1 is 1.41 bits per heavy atom. The van der Waals surface area contributed by atoms with E-state index in [0.717, 1.165) is 25.0 Å². The number of hydrogen-bond acceptors (Lipinski definition) is 5. The third-order valence-electron chi connectivity index (χ3n) is 3.51. The first kappa shape index (κ1) is 16.3. The van der Waals surface area contributed by atoms with Gasteiger partial charge in [-0.3, -0.25) is 14.9 Å². The largest absolute Gasteiger partial charge is 0.427 e. The number of hydrogen-bond donors (Lipinski definition) is 0. The lowest BCUT2D eigenvalue weighted by Crippen LogP contribution is -2.18. The monoisotopic (exact) mass is 315 g/mol. The number of nitro benzene ring substituents is 1. The predicted molar refractivity (Wildman–Crippen MR) is 72.2 cm³/mol. The molecule has 0 N–H and O–H groups in total. The van der Waals surface area contributed by atoms with Gasteiger partial charge in [0.1, 0.15) is 0 Å². The summed E-state index contributed by atoms with van der Waals surface area (Å²) in [5.41, 5.74) is -0.462. The Bertz CT molecular complexity index is 558. The number of rotatable bonds is 6. The van der Waals surface area contributed by atoms with Crippen molar-refractivity contribution < 1.29 is 28.0 Å². The Morgan fingerprint density at radius 3 is 2.68 bits per heavy atom. The zero-order valence-electron chi connectivity index (χ0n) is 11.7. The topological polar surface area (TPSA) is 78.7 Å². The van der Waals surface area contributed by atoms with Crippen molar-refractivity contribution in [1.82, 2.24) is 0 Å². The Labute approximate surface area is 125 Å². The van der Waals surface area contributed by atoms with Gasteiger partial charge in [0.2, 0.25) is 5.75 Å². The molecule has 8 heteroatoms. The minimum Gasteiger partial charge on any atom is -0.427 e. The highest BCUT2D eigenvalue weighted by Gasteiger charge is 2.23. The Kier molecular flexibility index (Phi) is 5.37. The van der Waals surface area contributed by atoms with Crippen LogP contribution in [0.15, 0.2) is 18.2 Å². The van der Waals surface area contributed by atoms with Crippen molar-refractivity contribution in [3.05, 3.63) is 33.9 Å². The molecule has 1 fully saturated rings. The maximum atomic E-state index is 12.3. The number of halogens is 2. The molecule has 2 rings (SSSR count). The first-order valence-electron chi connectivity index (χ1n) is 6.81. The highest BCUT2D eigenvalue weighted by atomic mass is 19.3. The standard InChI is InChI=1S/C14H15F2NO5/c15-14(16)22-13-8-10(1-2-11(13)17(19)20)12(18)7-9-3-5-21-6-4-9/h1-2,8-9,14H,3-7H2. The van der Waals surface area contributed by atoms with Crippen LogP contribution in [0, 0.1) is 16.0 Å². The van der Waals surface area contributed by atoms with Gasteiger partial charge in [0, 0.05) is 31.3 Å². The van der Waals surface area contributed by atoms with Crippen LogP contribution in [-0.4, -0.2) is 30.5 Å². The molecule has 6 nitrogen and oxygen atoms in total. The van der Waals surface area contributed by atoms with E-state index >= 15 is 0 Å². The molecule has 0 atom stereocenters. The molecule has 0 aromatic heterocycles. The molecule has 1 aromatic rings. The van der Waals surface area contributed by atoms with E-state index in [1.165, 1.54) is 6.07 Å². The van der Waals surface area contributed by atoms with E-state index in [-0.39, 0.29) is 23.7 Å². The summed E-state index contributed by atoms with van der Waals surface area (Å²) in [6.07, 6.45) is 1.79. The van der Waals surface area contributed by atoms with Gasteiger partial charge in [-0.15, -0.1) is 0 Å². The number of ether oxygens (including phenoxy) is 2. The predicted octanol–water partition coefficient (Wildman–Crippen LogP) is 3.20. The molecule has 1 aliphatic rings. The third-order valence-corrected chi connectivity index (χ3v) is 3.51. The second-order valence-corrected chi connectivity index (χ2v) is 5.00. The second-order valence-electron chi connectivity index (χ2n) is 5.00. The van der Waals surface area contributed by atoms with Gasteiger partial charge in [-0.25, -0.2) is 0 Å². The van der Waals surface area contributed by atoms with Crippen molar-refractivity contribution in [2.45, 2.75) is 25.9 Å². The third kappa shape index (κ3) is 4.20. The number of alkyl halides is 2. The van der Waals surface area contributed by atoms with Gasteiger partial charge < -0.3 is 9.47 Å². The fourth-order valence-electron chi connectivity index (χ4n) is 2.36. The minimum absolute atomic E-state index is 0.132. The summed E-state index contributed by atoms with van der Waals surface area (Å²) in [5.74, 6) is -0.672. The molecule has 0 aliphatic carbocycles. The fraction of sp³-hybridized carbons (Fsp3) is 0.500. The molecule has 0 unspecified atom stereocenters. The van der Waals surface area contributed by atoms with Crippen LogP contribution in [0.25, 0.3) is 0 Å². The maximum absolute atomic E-state index is 12.3. The van der Waals surface area contributed by atoms with E-state index in [2.05, 4.69) is 4.74 Å². The summed E-state index contributed by atoms with van der Waals surface area (Å²) in [5, 5.41) is 10.8. The average Bonchev–Trinajstić information content (AvgIpc) is 2.47. The van der Waals surface area contributed by atoms with Crippen LogP contribution in [0.2, 0.25) is 0 Å². The molecular weight excluding hydrogens is 300 g/mol. The normalized spacial score (nSPS) is 15.8. The quantitative estimate of drug-likeness (QED) is 0.457. The van der Waals surface area contributed by atoms with Crippen molar-refractivity contribution in [2.75, 3.05) is 13.2 Å². The molecule has 1 saturated heterocycles. The van der Waals surface area contributed by atoms with E-state index < -0.39 is 23.0 Å². The van der Waals surface area contributed by atoms with Gasteiger partial charge in [0.05, 0.1) is 4.92 Å². The molecule has 1 heterocycles. The van der Waals surface area contributed by atoms with Crippen LogP contribution < -0.4 is 4.74 Å². The summed E-state index contributed by atoms with van der Waals surface area (Å²) >= 11 is 0. The van der Waals surface area contributed by atoms with Gasteiger partial charge in [-0.1, -0.05) is 0 Å². The Balaban J connectivity index is 2.15. The van der Waals surface area contributed by atoms with E-state index in [9.17, 15) is 23.7 Å². The summed E-state index contributed by atoms with van der Waals surface area (Å²) in [6.45, 7) is -2.00. The Hall–Kier alpha value is -2.09. The SMILES string of the molecule is O=C(CC1CCOCC1)c1ccc([N+](=O)[O-])c(OC(F)F)c1. The smallest absolute Gasteiger partial charge is 0.387 e.